The van der Waals surface area contributed by atoms with Crippen LogP contribution in [-0.2, 0) is 23.9 Å². The average Bonchev–Trinajstić information content (AvgIpc) is 3.01. The first-order valence-electron chi connectivity index (χ1n) is 11.0. The van der Waals surface area contributed by atoms with E-state index < -0.39 is 24.0 Å². The summed E-state index contributed by atoms with van der Waals surface area (Å²) in [5.41, 5.74) is 0.904. The van der Waals surface area contributed by atoms with Crippen LogP contribution in [0.15, 0.2) is 35.5 Å². The van der Waals surface area contributed by atoms with Gasteiger partial charge in [-0.1, -0.05) is 18.6 Å². The first-order chi connectivity index (χ1) is 15.9. The highest BCUT2D eigenvalue weighted by Crippen LogP contribution is 2.29. The number of carbonyl (C=O) groups excluding carboxylic acids is 4. The molecule has 0 bridgehead atoms. The Hall–Kier alpha value is -3.56. The number of nitrogens with zero attached hydrogens (tertiary/aromatic N) is 1. The van der Waals surface area contributed by atoms with Crippen LogP contribution >= 0.6 is 0 Å². The van der Waals surface area contributed by atoms with Crippen molar-refractivity contribution < 1.29 is 33.4 Å². The number of ether oxygens (including phenoxy) is 3. The second-order valence-electron chi connectivity index (χ2n) is 7.70. The Labute approximate surface area is 192 Å². The van der Waals surface area contributed by atoms with E-state index >= 15 is 0 Å². The Morgan fingerprint density at radius 3 is 2.55 bits per heavy atom. The summed E-state index contributed by atoms with van der Waals surface area (Å²) in [6, 6.07) is 5.53. The minimum Gasteiger partial charge on any atom is -0.497 e. The first-order valence-corrected chi connectivity index (χ1v) is 11.0. The van der Waals surface area contributed by atoms with Gasteiger partial charge in [0.15, 0.2) is 0 Å². The van der Waals surface area contributed by atoms with Crippen molar-refractivity contribution in [2.45, 2.75) is 38.6 Å². The van der Waals surface area contributed by atoms with Gasteiger partial charge in [0.2, 0.25) is 5.91 Å². The predicted octanol–water partition coefficient (Wildman–Crippen LogP) is 1.81. The Morgan fingerprint density at radius 1 is 1.09 bits per heavy atom. The lowest BCUT2D eigenvalue weighted by Crippen LogP contribution is -2.47. The molecule has 2 aliphatic heterocycles. The molecule has 3 amide bonds. The van der Waals surface area contributed by atoms with Crippen molar-refractivity contribution in [1.82, 2.24) is 15.5 Å². The maximum Gasteiger partial charge on any atom is 0.338 e. The number of methoxy groups -OCH3 is 1. The Balaban J connectivity index is 1.80. The van der Waals surface area contributed by atoms with Crippen LogP contribution < -0.4 is 15.4 Å². The minimum atomic E-state index is -0.801. The Bertz CT molecular complexity index is 926. The number of hydrogen-bond acceptors (Lipinski definition) is 7. The zero-order valence-corrected chi connectivity index (χ0v) is 18.8. The van der Waals surface area contributed by atoms with Gasteiger partial charge in [-0.2, -0.15) is 0 Å². The molecule has 1 aromatic carbocycles. The molecule has 0 aliphatic carbocycles. The van der Waals surface area contributed by atoms with Crippen LogP contribution in [0.4, 0.5) is 4.79 Å². The zero-order chi connectivity index (χ0) is 23.8. The van der Waals surface area contributed by atoms with E-state index in [9.17, 15) is 19.2 Å². The second kappa shape index (κ2) is 11.3. The number of likely N-dealkylation sites (tertiary alicyclic amines) is 1. The number of carbonyl (C=O) groups is 4. The lowest BCUT2D eigenvalue weighted by Gasteiger charge is -2.29. The van der Waals surface area contributed by atoms with Gasteiger partial charge in [0.25, 0.3) is 0 Å². The summed E-state index contributed by atoms with van der Waals surface area (Å²) in [7, 11) is 1.54. The molecule has 10 heteroatoms. The normalized spacial score (nSPS) is 18.7. The van der Waals surface area contributed by atoms with E-state index in [0.717, 1.165) is 19.3 Å². The molecule has 10 nitrogen and oxygen atoms in total. The third-order valence-corrected chi connectivity index (χ3v) is 5.47. The predicted molar refractivity (Wildman–Crippen MR) is 117 cm³/mol. The van der Waals surface area contributed by atoms with E-state index in [4.69, 9.17) is 14.2 Å². The van der Waals surface area contributed by atoms with Crippen LogP contribution in [0.25, 0.3) is 0 Å². The lowest BCUT2D eigenvalue weighted by molar-refractivity contribution is -0.148. The molecule has 2 heterocycles. The number of amides is 3. The summed E-state index contributed by atoms with van der Waals surface area (Å²) in [4.78, 5) is 51.1. The number of benzene rings is 1. The van der Waals surface area contributed by atoms with Gasteiger partial charge >= 0.3 is 18.0 Å². The smallest absolute Gasteiger partial charge is 0.338 e. The van der Waals surface area contributed by atoms with Crippen LogP contribution in [0.1, 0.15) is 44.2 Å². The standard InChI is InChI=1S/C23H29N3O7/c1-3-32-22(29)20-17(14-33-19(28)13-26-12-6-4-5-7-18(26)27)24-23(30)25-21(20)15-8-10-16(31-2)11-9-15/h8-11,21H,3-7,12-14H2,1-2H3,(H2,24,25,30)/t21-/m1/s1. The fraction of sp³-hybridized carbons (Fsp3) is 0.478. The molecule has 178 valence electrons. The van der Waals surface area contributed by atoms with Crippen LogP contribution in [0, 0.1) is 0 Å². The third kappa shape index (κ3) is 6.24. The number of esters is 2. The number of nitrogens with one attached hydrogen (secondary N) is 2. The van der Waals surface area contributed by atoms with E-state index in [-0.39, 0.29) is 36.9 Å². The van der Waals surface area contributed by atoms with E-state index in [1.807, 2.05) is 0 Å². The lowest BCUT2D eigenvalue weighted by atomic mass is 9.95. The first kappa shape index (κ1) is 24.1. The summed E-state index contributed by atoms with van der Waals surface area (Å²) in [5, 5.41) is 5.26. The van der Waals surface area contributed by atoms with Crippen molar-refractivity contribution >= 4 is 23.9 Å². The van der Waals surface area contributed by atoms with Crippen molar-refractivity contribution in [2.24, 2.45) is 0 Å². The molecule has 3 rings (SSSR count). The van der Waals surface area contributed by atoms with Crippen molar-refractivity contribution in [3.63, 3.8) is 0 Å². The van der Waals surface area contributed by atoms with Crippen LogP contribution in [0.3, 0.4) is 0 Å². The second-order valence-corrected chi connectivity index (χ2v) is 7.70. The molecule has 0 aromatic heterocycles. The molecule has 2 aliphatic rings. The van der Waals surface area contributed by atoms with Gasteiger partial charge in [0.05, 0.1) is 31.0 Å². The van der Waals surface area contributed by atoms with Gasteiger partial charge in [-0.05, 0) is 37.5 Å². The van der Waals surface area contributed by atoms with Crippen molar-refractivity contribution in [2.75, 3.05) is 33.4 Å². The van der Waals surface area contributed by atoms with E-state index in [0.29, 0.717) is 24.3 Å². The minimum absolute atomic E-state index is 0.0781. The molecule has 1 atom stereocenters. The molecular weight excluding hydrogens is 430 g/mol. The summed E-state index contributed by atoms with van der Waals surface area (Å²) in [6.45, 7) is 1.80. The molecular formula is C23H29N3O7. The Morgan fingerprint density at radius 2 is 1.85 bits per heavy atom. The number of hydrogen-bond donors (Lipinski definition) is 2. The van der Waals surface area contributed by atoms with Crippen LogP contribution in [0.5, 0.6) is 5.75 Å². The highest BCUT2D eigenvalue weighted by atomic mass is 16.5. The van der Waals surface area contributed by atoms with Gasteiger partial charge in [0.1, 0.15) is 18.9 Å². The van der Waals surface area contributed by atoms with Gasteiger partial charge in [-0.25, -0.2) is 9.59 Å². The molecule has 0 spiro atoms. The van der Waals surface area contributed by atoms with Crippen LogP contribution in [0.2, 0.25) is 0 Å². The van der Waals surface area contributed by atoms with Crippen molar-refractivity contribution in [3.8, 4) is 5.75 Å². The fourth-order valence-corrected chi connectivity index (χ4v) is 3.79. The Kier molecular flexibility index (Phi) is 8.28. The molecule has 1 aromatic rings. The molecule has 2 N–H and O–H groups in total. The molecule has 0 radical (unpaired) electrons. The van der Waals surface area contributed by atoms with Gasteiger partial charge < -0.3 is 29.7 Å². The van der Waals surface area contributed by atoms with Gasteiger partial charge in [-0.15, -0.1) is 0 Å². The average molecular weight is 459 g/mol. The third-order valence-electron chi connectivity index (χ3n) is 5.47. The number of urea groups is 1. The highest BCUT2D eigenvalue weighted by molar-refractivity contribution is 5.95. The summed E-state index contributed by atoms with van der Waals surface area (Å²) >= 11 is 0. The van der Waals surface area contributed by atoms with E-state index in [2.05, 4.69) is 10.6 Å². The fourth-order valence-electron chi connectivity index (χ4n) is 3.79. The molecule has 33 heavy (non-hydrogen) atoms. The highest BCUT2D eigenvalue weighted by Gasteiger charge is 2.34. The SMILES string of the molecule is CCOC(=O)C1=C(COC(=O)CN2CCCCCC2=O)NC(=O)N[C@@H]1c1ccc(OC)cc1. The van der Waals surface area contributed by atoms with Crippen molar-refractivity contribution in [3.05, 3.63) is 41.1 Å². The maximum absolute atomic E-state index is 12.8. The zero-order valence-electron chi connectivity index (χ0n) is 18.8. The van der Waals surface area contributed by atoms with Gasteiger partial charge in [-0.3, -0.25) is 9.59 Å². The summed E-state index contributed by atoms with van der Waals surface area (Å²) in [5.74, 6) is -0.710. The quantitative estimate of drug-likeness (QED) is 0.568. The molecule has 1 fully saturated rings. The molecule has 0 unspecified atom stereocenters. The number of rotatable bonds is 8. The van der Waals surface area contributed by atoms with E-state index in [1.54, 1.807) is 31.2 Å². The van der Waals surface area contributed by atoms with E-state index in [1.165, 1.54) is 12.0 Å². The topological polar surface area (TPSA) is 123 Å². The molecule has 1 saturated heterocycles. The summed E-state index contributed by atoms with van der Waals surface area (Å²) < 4.78 is 15.7. The largest absolute Gasteiger partial charge is 0.497 e. The summed E-state index contributed by atoms with van der Waals surface area (Å²) in [6.07, 6.45) is 3.00. The molecule has 0 saturated carbocycles. The monoisotopic (exact) mass is 459 g/mol. The van der Waals surface area contributed by atoms with Crippen LogP contribution in [-0.4, -0.2) is 62.2 Å². The van der Waals surface area contributed by atoms with Gasteiger partial charge in [0, 0.05) is 13.0 Å². The maximum atomic E-state index is 12.8. The van der Waals surface area contributed by atoms with Crippen molar-refractivity contribution in [1.29, 1.82) is 0 Å².